The highest BCUT2D eigenvalue weighted by atomic mass is 32.1. The Bertz CT molecular complexity index is 333. The van der Waals surface area contributed by atoms with Gasteiger partial charge in [-0.3, -0.25) is 4.79 Å². The number of carbonyl (C=O) groups excluding carboxylic acids is 1. The summed E-state index contributed by atoms with van der Waals surface area (Å²) in [6.45, 7) is 0.878. The van der Waals surface area contributed by atoms with E-state index in [1.807, 2.05) is 11.9 Å². The van der Waals surface area contributed by atoms with Crippen LogP contribution in [-0.2, 0) is 4.79 Å². The minimum absolute atomic E-state index is 0.168. The van der Waals surface area contributed by atoms with Gasteiger partial charge in [0.1, 0.15) is 0 Å². The number of nitrogens with two attached hydrogens (primary N) is 1. The number of thiocarbonyl (C=S) groups is 1. The second kappa shape index (κ2) is 5.55. The van der Waals surface area contributed by atoms with Crippen LogP contribution in [0.1, 0.15) is 51.4 Å². The first-order chi connectivity index (χ1) is 8.56. The van der Waals surface area contributed by atoms with Gasteiger partial charge in [0.15, 0.2) is 0 Å². The Morgan fingerprint density at radius 2 is 1.89 bits per heavy atom. The van der Waals surface area contributed by atoms with E-state index in [4.69, 9.17) is 18.0 Å². The second-order valence-electron chi connectivity index (χ2n) is 5.99. The molecule has 0 heterocycles. The SMILES string of the molecule is CN(CC1CCC1)C(=O)C1(C(N)=S)CCCCC1. The Balaban J connectivity index is 2.04. The van der Waals surface area contributed by atoms with Gasteiger partial charge in [0.2, 0.25) is 5.91 Å². The van der Waals surface area contributed by atoms with Crippen molar-refractivity contribution >= 4 is 23.1 Å². The van der Waals surface area contributed by atoms with Crippen molar-refractivity contribution in [2.75, 3.05) is 13.6 Å². The Hall–Kier alpha value is -0.640. The number of hydrogen-bond acceptors (Lipinski definition) is 2. The topological polar surface area (TPSA) is 46.3 Å². The van der Waals surface area contributed by atoms with Gasteiger partial charge in [-0.2, -0.15) is 0 Å². The molecule has 0 atom stereocenters. The van der Waals surface area contributed by atoms with E-state index in [2.05, 4.69) is 0 Å². The van der Waals surface area contributed by atoms with Crippen LogP contribution in [0.4, 0.5) is 0 Å². The molecule has 0 aromatic heterocycles. The fraction of sp³-hybridized carbons (Fsp3) is 0.857. The zero-order valence-corrected chi connectivity index (χ0v) is 12.1. The molecule has 0 bridgehead atoms. The third-order valence-electron chi connectivity index (χ3n) is 4.69. The molecule has 0 unspecified atom stereocenters. The average molecular weight is 268 g/mol. The maximum atomic E-state index is 12.7. The van der Waals surface area contributed by atoms with Crippen LogP contribution in [0.3, 0.4) is 0 Å². The summed E-state index contributed by atoms with van der Waals surface area (Å²) in [5, 5.41) is 0. The fourth-order valence-corrected chi connectivity index (χ4v) is 3.52. The van der Waals surface area contributed by atoms with E-state index in [-0.39, 0.29) is 5.91 Å². The lowest BCUT2D eigenvalue weighted by Crippen LogP contribution is -2.51. The lowest BCUT2D eigenvalue weighted by atomic mass is 9.72. The van der Waals surface area contributed by atoms with E-state index in [1.165, 1.54) is 25.7 Å². The molecule has 0 spiro atoms. The number of nitrogens with zero attached hydrogens (tertiary/aromatic N) is 1. The van der Waals surface area contributed by atoms with Crippen LogP contribution >= 0.6 is 12.2 Å². The second-order valence-corrected chi connectivity index (χ2v) is 6.43. The summed E-state index contributed by atoms with van der Waals surface area (Å²) < 4.78 is 0. The highest BCUT2D eigenvalue weighted by Gasteiger charge is 2.44. The largest absolute Gasteiger partial charge is 0.392 e. The van der Waals surface area contributed by atoms with Crippen LogP contribution in [0, 0.1) is 11.3 Å². The van der Waals surface area contributed by atoms with Crippen LogP contribution < -0.4 is 5.73 Å². The first kappa shape index (κ1) is 13.8. The van der Waals surface area contributed by atoms with Gasteiger partial charge in [0.05, 0.1) is 10.4 Å². The van der Waals surface area contributed by atoms with Crippen molar-refractivity contribution in [1.29, 1.82) is 0 Å². The van der Waals surface area contributed by atoms with E-state index >= 15 is 0 Å². The maximum Gasteiger partial charge on any atom is 0.235 e. The summed E-state index contributed by atoms with van der Waals surface area (Å²) in [5.74, 6) is 0.868. The molecule has 18 heavy (non-hydrogen) atoms. The van der Waals surface area contributed by atoms with E-state index in [0.29, 0.717) is 10.9 Å². The lowest BCUT2D eigenvalue weighted by molar-refractivity contribution is -0.139. The Labute approximate surface area is 115 Å². The van der Waals surface area contributed by atoms with E-state index in [0.717, 1.165) is 32.2 Å². The molecule has 0 radical (unpaired) electrons. The highest BCUT2D eigenvalue weighted by molar-refractivity contribution is 7.80. The predicted molar refractivity (Wildman–Crippen MR) is 77.3 cm³/mol. The van der Waals surface area contributed by atoms with Crippen molar-refractivity contribution in [3.8, 4) is 0 Å². The van der Waals surface area contributed by atoms with Crippen LogP contribution in [0.5, 0.6) is 0 Å². The molecule has 2 aliphatic rings. The van der Waals surface area contributed by atoms with Crippen LogP contribution in [-0.4, -0.2) is 29.4 Å². The number of carbonyl (C=O) groups is 1. The molecule has 102 valence electrons. The number of hydrogen-bond donors (Lipinski definition) is 1. The van der Waals surface area contributed by atoms with Gasteiger partial charge in [0, 0.05) is 13.6 Å². The summed E-state index contributed by atoms with van der Waals surface area (Å²) in [6, 6.07) is 0. The van der Waals surface area contributed by atoms with E-state index in [9.17, 15) is 4.79 Å². The molecule has 3 nitrogen and oxygen atoms in total. The molecule has 2 aliphatic carbocycles. The van der Waals surface area contributed by atoms with Crippen LogP contribution in [0.15, 0.2) is 0 Å². The van der Waals surface area contributed by atoms with Gasteiger partial charge in [-0.05, 0) is 31.6 Å². The summed E-state index contributed by atoms with van der Waals surface area (Å²) in [5.41, 5.74) is 5.37. The minimum atomic E-state index is -0.536. The third-order valence-corrected chi connectivity index (χ3v) is 5.08. The Morgan fingerprint density at radius 3 is 2.33 bits per heavy atom. The van der Waals surface area contributed by atoms with Crippen molar-refractivity contribution in [3.05, 3.63) is 0 Å². The lowest BCUT2D eigenvalue weighted by Gasteiger charge is -2.39. The molecule has 2 N–H and O–H groups in total. The predicted octanol–water partition coefficient (Wildman–Crippen LogP) is 2.48. The average Bonchev–Trinajstić information content (AvgIpc) is 2.33. The monoisotopic (exact) mass is 268 g/mol. The van der Waals surface area contributed by atoms with Crippen LogP contribution in [0.25, 0.3) is 0 Å². The number of amides is 1. The fourth-order valence-electron chi connectivity index (χ4n) is 3.23. The smallest absolute Gasteiger partial charge is 0.235 e. The van der Waals surface area contributed by atoms with Crippen molar-refractivity contribution in [2.24, 2.45) is 17.1 Å². The van der Waals surface area contributed by atoms with Gasteiger partial charge in [0.25, 0.3) is 0 Å². The van der Waals surface area contributed by atoms with E-state index < -0.39 is 5.41 Å². The highest BCUT2D eigenvalue weighted by Crippen LogP contribution is 2.39. The molecule has 1 amide bonds. The molecule has 4 heteroatoms. The normalized spacial score (nSPS) is 23.2. The first-order valence-electron chi connectivity index (χ1n) is 7.12. The Kier molecular flexibility index (Phi) is 4.25. The van der Waals surface area contributed by atoms with Gasteiger partial charge in [-0.1, -0.05) is 37.9 Å². The molecule has 0 aromatic carbocycles. The summed E-state index contributed by atoms with van der Waals surface area (Å²) >= 11 is 5.21. The van der Waals surface area contributed by atoms with E-state index in [1.54, 1.807) is 0 Å². The summed E-state index contributed by atoms with van der Waals surface area (Å²) in [4.78, 5) is 15.0. The van der Waals surface area contributed by atoms with Gasteiger partial charge in [-0.25, -0.2) is 0 Å². The van der Waals surface area contributed by atoms with Crippen LogP contribution in [0.2, 0.25) is 0 Å². The quantitative estimate of drug-likeness (QED) is 0.797. The molecular formula is C14H24N2OS. The summed E-state index contributed by atoms with van der Waals surface area (Å²) in [6.07, 6.45) is 8.86. The van der Waals surface area contributed by atoms with Gasteiger partial charge < -0.3 is 10.6 Å². The van der Waals surface area contributed by atoms with Crippen molar-refractivity contribution in [2.45, 2.75) is 51.4 Å². The van der Waals surface area contributed by atoms with Crippen molar-refractivity contribution in [3.63, 3.8) is 0 Å². The van der Waals surface area contributed by atoms with Gasteiger partial charge in [-0.15, -0.1) is 0 Å². The zero-order valence-electron chi connectivity index (χ0n) is 11.3. The Morgan fingerprint density at radius 1 is 1.28 bits per heavy atom. The summed E-state index contributed by atoms with van der Waals surface area (Å²) in [7, 11) is 1.91. The minimum Gasteiger partial charge on any atom is -0.392 e. The third kappa shape index (κ3) is 2.53. The number of rotatable bonds is 4. The molecule has 0 aliphatic heterocycles. The molecule has 2 fully saturated rings. The van der Waals surface area contributed by atoms with Gasteiger partial charge >= 0.3 is 0 Å². The van der Waals surface area contributed by atoms with Crippen molar-refractivity contribution in [1.82, 2.24) is 4.90 Å². The molecule has 0 aromatic rings. The zero-order chi connectivity index (χ0) is 13.2. The molecular weight excluding hydrogens is 244 g/mol. The maximum absolute atomic E-state index is 12.7. The molecule has 2 saturated carbocycles. The van der Waals surface area contributed by atoms with Crippen molar-refractivity contribution < 1.29 is 4.79 Å². The molecule has 0 saturated heterocycles. The molecule has 2 rings (SSSR count). The standard InChI is InChI=1S/C14H24N2OS/c1-16(10-11-6-5-7-11)13(17)14(12(15)18)8-3-2-4-9-14/h11H,2-10H2,1H3,(H2,15,18). The first-order valence-corrected chi connectivity index (χ1v) is 7.52.